The van der Waals surface area contributed by atoms with Crippen molar-refractivity contribution in [2.75, 3.05) is 7.11 Å². The van der Waals surface area contributed by atoms with Crippen molar-refractivity contribution in [1.29, 1.82) is 0 Å². The molecule has 20 heavy (non-hydrogen) atoms. The number of methoxy groups -OCH3 is 1. The first-order valence-electron chi connectivity index (χ1n) is 5.69. The molecule has 0 aliphatic heterocycles. The summed E-state index contributed by atoms with van der Waals surface area (Å²) in [6.07, 6.45) is 0. The number of sulfone groups is 1. The molecule has 0 radical (unpaired) electrons. The van der Waals surface area contributed by atoms with Gasteiger partial charge in [0.1, 0.15) is 11.6 Å². The summed E-state index contributed by atoms with van der Waals surface area (Å²) in [6.45, 7) is 0. The fraction of sp³-hybridized carbons (Fsp3) is 0.0667. The second-order valence-corrected chi connectivity index (χ2v) is 5.60. The van der Waals surface area contributed by atoms with Crippen LogP contribution in [0.4, 0.5) is 4.39 Å². The van der Waals surface area contributed by atoms with E-state index in [4.69, 9.17) is 4.74 Å². The van der Waals surface area contributed by atoms with Crippen molar-refractivity contribution in [2.45, 2.75) is 4.90 Å². The van der Waals surface area contributed by atoms with Crippen LogP contribution in [0.5, 0.6) is 5.75 Å². The highest BCUT2D eigenvalue weighted by Gasteiger charge is 2.10. The van der Waals surface area contributed by atoms with Gasteiger partial charge in [0.25, 0.3) is 0 Å². The molecular weight excluding hydrogens is 279 g/mol. The summed E-state index contributed by atoms with van der Waals surface area (Å²) >= 11 is 0. The normalized spacial score (nSPS) is 10.5. The molecule has 0 aliphatic carbocycles. The maximum atomic E-state index is 12.8. The molecule has 0 bridgehead atoms. The molecule has 0 spiro atoms. The summed E-state index contributed by atoms with van der Waals surface area (Å²) in [4.78, 5) is -0.0279. The van der Waals surface area contributed by atoms with Crippen LogP contribution in [0.3, 0.4) is 0 Å². The predicted octanol–water partition coefficient (Wildman–Crippen LogP) is 2.62. The molecule has 0 N–H and O–H groups in total. The smallest absolute Gasteiger partial charge is 0.245 e. The SMILES string of the molecule is COc1ccc(C#CS(=O)(=O)c2ccc(F)cc2)cc1. The Balaban J connectivity index is 2.28. The Bertz CT molecular complexity index is 752. The Hall–Kier alpha value is -2.32. The van der Waals surface area contributed by atoms with Crippen LogP contribution in [0.2, 0.25) is 0 Å². The van der Waals surface area contributed by atoms with Gasteiger partial charge in [-0.25, -0.2) is 12.8 Å². The van der Waals surface area contributed by atoms with Crippen LogP contribution in [0.25, 0.3) is 0 Å². The molecule has 0 atom stereocenters. The van der Waals surface area contributed by atoms with Crippen molar-refractivity contribution in [1.82, 2.24) is 0 Å². The van der Waals surface area contributed by atoms with Crippen molar-refractivity contribution in [3.05, 3.63) is 59.9 Å². The van der Waals surface area contributed by atoms with E-state index >= 15 is 0 Å². The van der Waals surface area contributed by atoms with Gasteiger partial charge in [-0.2, -0.15) is 0 Å². The van der Waals surface area contributed by atoms with Gasteiger partial charge in [-0.15, -0.1) is 0 Å². The monoisotopic (exact) mass is 290 g/mol. The second kappa shape index (κ2) is 5.76. The molecule has 0 amide bonds. The number of hydrogen-bond donors (Lipinski definition) is 0. The van der Waals surface area contributed by atoms with E-state index in [0.29, 0.717) is 11.3 Å². The molecule has 0 aliphatic rings. The van der Waals surface area contributed by atoms with Crippen LogP contribution >= 0.6 is 0 Å². The average Bonchev–Trinajstić information content (AvgIpc) is 2.46. The number of rotatable bonds is 2. The first kappa shape index (κ1) is 14.1. The van der Waals surface area contributed by atoms with Gasteiger partial charge in [0, 0.05) is 10.8 Å². The molecule has 102 valence electrons. The lowest BCUT2D eigenvalue weighted by molar-refractivity contribution is 0.415. The summed E-state index contributed by atoms with van der Waals surface area (Å²) in [5.41, 5.74) is 0.552. The van der Waals surface area contributed by atoms with Crippen molar-refractivity contribution in [2.24, 2.45) is 0 Å². The van der Waals surface area contributed by atoms with Crippen LogP contribution in [-0.4, -0.2) is 15.5 Å². The predicted molar refractivity (Wildman–Crippen MR) is 73.5 cm³/mol. The van der Waals surface area contributed by atoms with E-state index in [1.807, 2.05) is 0 Å². The molecule has 0 aromatic heterocycles. The Labute approximate surface area is 116 Å². The third-order valence-corrected chi connectivity index (χ3v) is 3.81. The third-order valence-electron chi connectivity index (χ3n) is 2.54. The Kier molecular flexibility index (Phi) is 4.06. The quantitative estimate of drug-likeness (QED) is 0.631. The van der Waals surface area contributed by atoms with Gasteiger partial charge in [0.15, 0.2) is 0 Å². The first-order chi connectivity index (χ1) is 9.51. The van der Waals surface area contributed by atoms with Gasteiger partial charge >= 0.3 is 0 Å². The number of ether oxygens (including phenoxy) is 1. The molecule has 0 saturated carbocycles. The standard InChI is InChI=1S/C15H11FO3S/c1-19-14-6-2-12(3-7-14)10-11-20(17,18)15-8-4-13(16)5-9-15/h2-9H,1H3. The highest BCUT2D eigenvalue weighted by molar-refractivity contribution is 7.96. The highest BCUT2D eigenvalue weighted by Crippen LogP contribution is 2.13. The number of benzene rings is 2. The van der Waals surface area contributed by atoms with Gasteiger partial charge in [0.05, 0.1) is 12.0 Å². The van der Waals surface area contributed by atoms with Crippen LogP contribution in [0, 0.1) is 17.0 Å². The largest absolute Gasteiger partial charge is 0.497 e. The summed E-state index contributed by atoms with van der Waals surface area (Å²) in [6, 6.07) is 11.2. The Morgan fingerprint density at radius 3 is 2.15 bits per heavy atom. The molecule has 2 aromatic carbocycles. The lowest BCUT2D eigenvalue weighted by atomic mass is 10.2. The van der Waals surface area contributed by atoms with Gasteiger partial charge in [-0.1, -0.05) is 0 Å². The fourth-order valence-corrected chi connectivity index (χ4v) is 2.34. The van der Waals surface area contributed by atoms with Gasteiger partial charge < -0.3 is 4.74 Å². The Morgan fingerprint density at radius 1 is 1.00 bits per heavy atom. The van der Waals surface area contributed by atoms with Crippen LogP contribution in [-0.2, 0) is 9.84 Å². The number of halogens is 1. The lowest BCUT2D eigenvalue weighted by Crippen LogP contribution is -1.96. The van der Waals surface area contributed by atoms with E-state index in [1.54, 1.807) is 31.4 Å². The number of hydrogen-bond acceptors (Lipinski definition) is 3. The molecular formula is C15H11FO3S. The Morgan fingerprint density at radius 2 is 1.60 bits per heavy atom. The zero-order chi connectivity index (χ0) is 14.6. The maximum absolute atomic E-state index is 12.8. The van der Waals surface area contributed by atoms with Crippen LogP contribution in [0.15, 0.2) is 53.4 Å². The minimum absolute atomic E-state index is 0.0279. The molecule has 0 saturated heterocycles. The fourth-order valence-electron chi connectivity index (χ4n) is 1.47. The van der Waals surface area contributed by atoms with Crippen molar-refractivity contribution in [3.63, 3.8) is 0 Å². The molecule has 0 fully saturated rings. The average molecular weight is 290 g/mol. The molecule has 0 heterocycles. The van der Waals surface area contributed by atoms with E-state index in [9.17, 15) is 12.8 Å². The molecule has 5 heteroatoms. The minimum atomic E-state index is -3.75. The zero-order valence-electron chi connectivity index (χ0n) is 10.6. The minimum Gasteiger partial charge on any atom is -0.497 e. The van der Waals surface area contributed by atoms with Crippen molar-refractivity contribution >= 4 is 9.84 Å². The molecule has 0 unspecified atom stereocenters. The van der Waals surface area contributed by atoms with E-state index < -0.39 is 15.7 Å². The van der Waals surface area contributed by atoms with Crippen molar-refractivity contribution < 1.29 is 17.5 Å². The summed E-state index contributed by atoms with van der Waals surface area (Å²) < 4.78 is 41.6. The third kappa shape index (κ3) is 3.37. The van der Waals surface area contributed by atoms with Gasteiger partial charge in [-0.3, -0.25) is 0 Å². The topological polar surface area (TPSA) is 43.4 Å². The van der Waals surface area contributed by atoms with E-state index in [1.165, 1.54) is 12.1 Å². The van der Waals surface area contributed by atoms with Crippen LogP contribution < -0.4 is 4.74 Å². The summed E-state index contributed by atoms with van der Waals surface area (Å²) in [5.74, 6) is 2.73. The van der Waals surface area contributed by atoms with E-state index in [-0.39, 0.29) is 4.90 Å². The first-order valence-corrected chi connectivity index (χ1v) is 7.17. The van der Waals surface area contributed by atoms with Crippen LogP contribution in [0.1, 0.15) is 5.56 Å². The van der Waals surface area contributed by atoms with E-state index in [2.05, 4.69) is 11.2 Å². The second-order valence-electron chi connectivity index (χ2n) is 3.91. The summed E-state index contributed by atoms with van der Waals surface area (Å²) in [7, 11) is -2.21. The summed E-state index contributed by atoms with van der Waals surface area (Å²) in [5, 5.41) is 2.21. The molecule has 2 aromatic rings. The maximum Gasteiger partial charge on any atom is 0.245 e. The highest BCUT2D eigenvalue weighted by atomic mass is 32.2. The van der Waals surface area contributed by atoms with E-state index in [0.717, 1.165) is 12.1 Å². The van der Waals surface area contributed by atoms with Crippen molar-refractivity contribution in [3.8, 4) is 16.9 Å². The molecule has 3 nitrogen and oxygen atoms in total. The van der Waals surface area contributed by atoms with Gasteiger partial charge in [-0.05, 0) is 54.5 Å². The molecule has 2 rings (SSSR count). The lowest BCUT2D eigenvalue weighted by Gasteiger charge is -1.98. The zero-order valence-corrected chi connectivity index (χ0v) is 11.4. The van der Waals surface area contributed by atoms with Gasteiger partial charge in [0.2, 0.25) is 9.84 Å².